The van der Waals surface area contributed by atoms with Gasteiger partial charge in [0.15, 0.2) is 11.5 Å². The van der Waals surface area contributed by atoms with Gasteiger partial charge in [0.1, 0.15) is 27.3 Å². The Labute approximate surface area is 202 Å². The van der Waals surface area contributed by atoms with Crippen LogP contribution in [0.5, 0.6) is 0 Å². The Bertz CT molecular complexity index is 1420. The van der Waals surface area contributed by atoms with E-state index in [1.165, 1.54) is 0 Å². The number of hydrogen-bond donors (Lipinski definition) is 2. The van der Waals surface area contributed by atoms with Crippen LogP contribution in [0, 0.1) is 11.8 Å². The van der Waals surface area contributed by atoms with Crippen LogP contribution in [0.15, 0.2) is 51.3 Å². The zero-order valence-corrected chi connectivity index (χ0v) is 19.3. The van der Waals surface area contributed by atoms with Crippen molar-refractivity contribution in [1.82, 2.24) is 4.37 Å². The number of ether oxygens (including phenoxy) is 1. The number of amides is 1. The largest absolute Gasteiger partial charge is 0.480 e. The van der Waals surface area contributed by atoms with Crippen LogP contribution in [0.1, 0.15) is 48.6 Å². The summed E-state index contributed by atoms with van der Waals surface area (Å²) in [6.07, 6.45) is -0.0618. The van der Waals surface area contributed by atoms with E-state index in [0.717, 1.165) is 17.1 Å². The minimum absolute atomic E-state index is 0.208. The molecule has 1 fully saturated rings. The molecule has 0 radical (unpaired) electrons. The SMILES string of the molecule is CC(OC(=O)Nc1c(C#Cc2cc3cc(C4(C(=O)O)CC4)oc3o2)nsc1Cl)c1ccccc1. The Morgan fingerprint density at radius 3 is 2.68 bits per heavy atom. The first-order valence-corrected chi connectivity index (χ1v) is 11.5. The number of rotatable bonds is 5. The van der Waals surface area contributed by atoms with Crippen molar-refractivity contribution in [2.24, 2.45) is 0 Å². The standard InChI is InChI=1S/C24H17ClN2O6S/c1-13(14-5-3-2-4-6-14)31-23(30)26-19-17(27-34-20(19)25)8-7-16-11-15-12-18(33-21(15)32-16)24(9-10-24)22(28)29/h2-6,11-13H,9-10H2,1H3,(H,26,30)(H,28,29). The normalized spacial score (nSPS) is 14.8. The number of furan rings is 2. The Morgan fingerprint density at radius 1 is 1.24 bits per heavy atom. The molecular weight excluding hydrogens is 480 g/mol. The lowest BCUT2D eigenvalue weighted by molar-refractivity contribution is -0.140. The highest BCUT2D eigenvalue weighted by molar-refractivity contribution is 7.11. The van der Waals surface area contributed by atoms with Crippen LogP contribution in [0.3, 0.4) is 0 Å². The lowest BCUT2D eigenvalue weighted by Gasteiger charge is -2.13. The summed E-state index contributed by atoms with van der Waals surface area (Å²) in [5.41, 5.74) is 0.418. The predicted molar refractivity (Wildman–Crippen MR) is 125 cm³/mol. The van der Waals surface area contributed by atoms with Crippen LogP contribution in [-0.2, 0) is 14.9 Å². The summed E-state index contributed by atoms with van der Waals surface area (Å²) >= 11 is 7.18. The highest BCUT2D eigenvalue weighted by atomic mass is 35.5. The number of hydrogen-bond acceptors (Lipinski definition) is 7. The van der Waals surface area contributed by atoms with Crippen LogP contribution in [0.25, 0.3) is 11.2 Å². The summed E-state index contributed by atoms with van der Waals surface area (Å²) in [5.74, 6) is 5.65. The van der Waals surface area contributed by atoms with E-state index in [2.05, 4.69) is 21.5 Å². The fraction of sp³-hybridized carbons (Fsp3) is 0.208. The third-order valence-electron chi connectivity index (χ3n) is 5.58. The second-order valence-corrected chi connectivity index (χ2v) is 9.24. The summed E-state index contributed by atoms with van der Waals surface area (Å²) in [7, 11) is 0. The van der Waals surface area contributed by atoms with Gasteiger partial charge in [-0.2, -0.15) is 4.37 Å². The number of carbonyl (C=O) groups is 2. The number of carboxylic acids is 1. The van der Waals surface area contributed by atoms with Crippen molar-refractivity contribution in [3.05, 3.63) is 69.6 Å². The van der Waals surface area contributed by atoms with Gasteiger partial charge in [-0.25, -0.2) is 4.79 Å². The average molecular weight is 497 g/mol. The highest BCUT2D eigenvalue weighted by Crippen LogP contribution is 2.50. The van der Waals surface area contributed by atoms with Gasteiger partial charge in [-0.1, -0.05) is 41.9 Å². The number of carboxylic acid groups (broad SMARTS) is 1. The van der Waals surface area contributed by atoms with Crippen molar-refractivity contribution in [3.63, 3.8) is 0 Å². The first-order valence-electron chi connectivity index (χ1n) is 10.3. The maximum absolute atomic E-state index is 12.4. The summed E-state index contributed by atoms with van der Waals surface area (Å²) in [6.45, 7) is 1.77. The van der Waals surface area contributed by atoms with Crippen molar-refractivity contribution < 1.29 is 28.3 Å². The van der Waals surface area contributed by atoms with Crippen molar-refractivity contribution in [3.8, 4) is 11.8 Å². The molecule has 1 aliphatic carbocycles. The molecule has 1 aromatic carbocycles. The molecule has 3 aromatic heterocycles. The molecule has 1 amide bonds. The van der Waals surface area contributed by atoms with Crippen LogP contribution < -0.4 is 5.32 Å². The van der Waals surface area contributed by atoms with Crippen LogP contribution >= 0.6 is 23.1 Å². The van der Waals surface area contributed by atoms with Crippen LogP contribution in [0.4, 0.5) is 10.5 Å². The number of anilines is 1. The van der Waals surface area contributed by atoms with E-state index in [1.807, 2.05) is 30.3 Å². The Balaban J connectivity index is 1.30. The fourth-order valence-electron chi connectivity index (χ4n) is 3.50. The van der Waals surface area contributed by atoms with Gasteiger partial charge < -0.3 is 18.7 Å². The molecular formula is C24H17ClN2O6S. The summed E-state index contributed by atoms with van der Waals surface area (Å²) < 4.78 is 21.1. The van der Waals surface area contributed by atoms with Crippen molar-refractivity contribution in [2.75, 3.05) is 5.32 Å². The number of benzene rings is 1. The average Bonchev–Trinajstić information content (AvgIpc) is 3.26. The molecule has 0 saturated heterocycles. The van der Waals surface area contributed by atoms with Gasteiger partial charge in [-0.05, 0) is 54.8 Å². The molecule has 0 aliphatic heterocycles. The maximum atomic E-state index is 12.4. The molecule has 1 aliphatic rings. The van der Waals surface area contributed by atoms with Gasteiger partial charge in [-0.3, -0.25) is 10.1 Å². The molecule has 0 bridgehead atoms. The number of nitrogens with one attached hydrogen (secondary N) is 1. The monoisotopic (exact) mass is 496 g/mol. The van der Waals surface area contributed by atoms with E-state index >= 15 is 0 Å². The van der Waals surface area contributed by atoms with Crippen molar-refractivity contribution in [2.45, 2.75) is 31.3 Å². The molecule has 8 nitrogen and oxygen atoms in total. The van der Waals surface area contributed by atoms with Gasteiger partial charge in [0.05, 0.1) is 5.39 Å². The highest BCUT2D eigenvalue weighted by Gasteiger charge is 2.54. The molecule has 10 heteroatoms. The van der Waals surface area contributed by atoms with Gasteiger partial charge in [-0.15, -0.1) is 0 Å². The molecule has 172 valence electrons. The van der Waals surface area contributed by atoms with E-state index in [1.54, 1.807) is 19.1 Å². The third-order valence-corrected chi connectivity index (χ3v) is 6.61. The second-order valence-electron chi connectivity index (χ2n) is 7.86. The van der Waals surface area contributed by atoms with Crippen LogP contribution in [-0.4, -0.2) is 21.5 Å². The van der Waals surface area contributed by atoms with Crippen molar-refractivity contribution in [1.29, 1.82) is 0 Å². The number of aromatic nitrogens is 1. The van der Waals surface area contributed by atoms with E-state index in [-0.39, 0.29) is 21.5 Å². The minimum Gasteiger partial charge on any atom is -0.480 e. The zero-order valence-electron chi connectivity index (χ0n) is 17.8. The van der Waals surface area contributed by atoms with E-state index in [9.17, 15) is 14.7 Å². The van der Waals surface area contributed by atoms with Gasteiger partial charge in [0.2, 0.25) is 0 Å². The molecule has 5 rings (SSSR count). The number of fused-ring (bicyclic) bond motifs is 1. The summed E-state index contributed by atoms with van der Waals surface area (Å²) in [6, 6.07) is 12.7. The quantitative estimate of drug-likeness (QED) is 0.327. The molecule has 3 heterocycles. The molecule has 1 saturated carbocycles. The van der Waals surface area contributed by atoms with Crippen LogP contribution in [0.2, 0.25) is 4.34 Å². The van der Waals surface area contributed by atoms with Crippen molar-refractivity contribution >= 4 is 52.0 Å². The molecule has 4 aromatic rings. The smallest absolute Gasteiger partial charge is 0.412 e. The first kappa shape index (κ1) is 22.1. The molecule has 1 atom stereocenters. The molecule has 1 unspecified atom stereocenters. The van der Waals surface area contributed by atoms with E-state index < -0.39 is 23.6 Å². The van der Waals surface area contributed by atoms with Gasteiger partial charge in [0, 0.05) is 6.07 Å². The number of halogens is 1. The topological polar surface area (TPSA) is 115 Å². The van der Waals surface area contributed by atoms with E-state index in [0.29, 0.717) is 29.7 Å². The van der Waals surface area contributed by atoms with Gasteiger partial charge in [0.25, 0.3) is 5.78 Å². The minimum atomic E-state index is -0.947. The lowest BCUT2D eigenvalue weighted by atomic mass is 10.0. The Hall–Kier alpha value is -3.74. The second kappa shape index (κ2) is 8.56. The number of nitrogens with zero attached hydrogens (tertiary/aromatic N) is 1. The van der Waals surface area contributed by atoms with E-state index in [4.69, 9.17) is 25.2 Å². The zero-order chi connectivity index (χ0) is 23.9. The Morgan fingerprint density at radius 2 is 2.00 bits per heavy atom. The molecule has 0 spiro atoms. The first-order chi connectivity index (χ1) is 16.4. The fourth-order valence-corrected chi connectivity index (χ4v) is 4.28. The number of carbonyl (C=O) groups excluding carboxylic acids is 1. The molecule has 2 N–H and O–H groups in total. The summed E-state index contributed by atoms with van der Waals surface area (Å²) in [4.78, 5) is 23.9. The lowest BCUT2D eigenvalue weighted by Crippen LogP contribution is -2.18. The maximum Gasteiger partial charge on any atom is 0.412 e. The van der Waals surface area contributed by atoms with Gasteiger partial charge >= 0.3 is 12.1 Å². The third kappa shape index (κ3) is 4.14. The predicted octanol–water partition coefficient (Wildman–Crippen LogP) is 5.96. The summed E-state index contributed by atoms with van der Waals surface area (Å²) in [5, 5.41) is 12.6. The number of aliphatic carboxylic acids is 1. The Kier molecular flexibility index (Phi) is 5.55. The molecule has 34 heavy (non-hydrogen) atoms.